The second-order valence-electron chi connectivity index (χ2n) is 6.09. The van der Waals surface area contributed by atoms with Gasteiger partial charge in [-0.05, 0) is 42.9 Å². The second kappa shape index (κ2) is 6.95. The van der Waals surface area contributed by atoms with Crippen LogP contribution in [0.15, 0.2) is 24.3 Å². The van der Waals surface area contributed by atoms with Gasteiger partial charge in [0.15, 0.2) is 0 Å². The molecule has 0 aromatic heterocycles. The van der Waals surface area contributed by atoms with Gasteiger partial charge in [-0.1, -0.05) is 32.9 Å². The van der Waals surface area contributed by atoms with Gasteiger partial charge in [0, 0.05) is 31.4 Å². The summed E-state index contributed by atoms with van der Waals surface area (Å²) in [6.07, 6.45) is 4.08. The molecule has 0 heterocycles. The summed E-state index contributed by atoms with van der Waals surface area (Å²) in [6.45, 7) is 10.0. The summed E-state index contributed by atoms with van der Waals surface area (Å²) >= 11 is 0. The highest BCUT2D eigenvalue weighted by Crippen LogP contribution is 2.31. The number of anilines is 1. The maximum absolute atomic E-state index is 3.46. The van der Waals surface area contributed by atoms with Gasteiger partial charge in [0.25, 0.3) is 0 Å². The van der Waals surface area contributed by atoms with Gasteiger partial charge in [-0.25, -0.2) is 0 Å². The van der Waals surface area contributed by atoms with Crippen molar-refractivity contribution in [3.8, 4) is 0 Å². The van der Waals surface area contributed by atoms with E-state index in [9.17, 15) is 0 Å². The minimum absolute atomic E-state index is 0.547. The van der Waals surface area contributed by atoms with Crippen LogP contribution < -0.4 is 10.2 Å². The number of nitrogens with one attached hydrogen (secondary N) is 1. The lowest BCUT2D eigenvalue weighted by atomic mass is 10.1. The first-order valence-electron chi connectivity index (χ1n) is 7.76. The fourth-order valence-electron chi connectivity index (χ4n) is 2.35. The van der Waals surface area contributed by atoms with E-state index < -0.39 is 0 Å². The van der Waals surface area contributed by atoms with E-state index in [1.165, 1.54) is 43.6 Å². The Morgan fingerprint density at radius 3 is 2.42 bits per heavy atom. The lowest BCUT2D eigenvalue weighted by Crippen LogP contribution is -2.26. The van der Waals surface area contributed by atoms with E-state index in [-0.39, 0.29) is 0 Å². The molecule has 1 fully saturated rings. The Balaban J connectivity index is 1.93. The molecule has 0 saturated heterocycles. The van der Waals surface area contributed by atoms with Crippen LogP contribution in [-0.2, 0) is 6.54 Å². The van der Waals surface area contributed by atoms with E-state index in [4.69, 9.17) is 0 Å². The lowest BCUT2D eigenvalue weighted by Gasteiger charge is -2.24. The molecular formula is C17H28N2. The predicted molar refractivity (Wildman–Crippen MR) is 83.6 cm³/mol. The van der Waals surface area contributed by atoms with Crippen LogP contribution in [0.25, 0.3) is 0 Å². The number of rotatable bonds is 8. The molecule has 0 radical (unpaired) electrons. The fourth-order valence-corrected chi connectivity index (χ4v) is 2.35. The zero-order valence-corrected chi connectivity index (χ0v) is 12.7. The third-order valence-corrected chi connectivity index (χ3v) is 3.68. The summed E-state index contributed by atoms with van der Waals surface area (Å²) in [4.78, 5) is 2.55. The van der Waals surface area contributed by atoms with Crippen molar-refractivity contribution in [2.24, 2.45) is 5.92 Å². The summed E-state index contributed by atoms with van der Waals surface area (Å²) in [5.41, 5.74) is 2.77. The number of benzene rings is 1. The van der Waals surface area contributed by atoms with E-state index in [0.29, 0.717) is 6.04 Å². The van der Waals surface area contributed by atoms with Crippen LogP contribution >= 0.6 is 0 Å². The van der Waals surface area contributed by atoms with Gasteiger partial charge in [-0.15, -0.1) is 0 Å². The van der Waals surface area contributed by atoms with Gasteiger partial charge in [0.2, 0.25) is 0 Å². The van der Waals surface area contributed by atoms with Crippen LogP contribution in [0, 0.1) is 5.92 Å². The van der Waals surface area contributed by atoms with Crippen molar-refractivity contribution in [3.05, 3.63) is 29.8 Å². The van der Waals surface area contributed by atoms with Gasteiger partial charge >= 0.3 is 0 Å². The number of hydrogen-bond donors (Lipinski definition) is 1. The quantitative estimate of drug-likeness (QED) is 0.764. The molecule has 19 heavy (non-hydrogen) atoms. The van der Waals surface area contributed by atoms with Crippen molar-refractivity contribution < 1.29 is 0 Å². The van der Waals surface area contributed by atoms with E-state index in [1.807, 2.05) is 0 Å². The molecule has 0 atom stereocenters. The van der Waals surface area contributed by atoms with Crippen LogP contribution in [0.5, 0.6) is 0 Å². The molecule has 1 aromatic rings. The van der Waals surface area contributed by atoms with Crippen LogP contribution in [0.2, 0.25) is 0 Å². The lowest BCUT2D eigenvalue weighted by molar-refractivity contribution is 0.589. The maximum atomic E-state index is 3.46. The third kappa shape index (κ3) is 4.87. The monoisotopic (exact) mass is 260 g/mol. The fraction of sp³-hybridized carbons (Fsp3) is 0.647. The minimum Gasteiger partial charge on any atom is -0.371 e. The summed E-state index contributed by atoms with van der Waals surface area (Å²) < 4.78 is 0. The molecular weight excluding hydrogens is 232 g/mol. The normalized spacial score (nSPS) is 14.9. The molecule has 2 nitrogen and oxygen atoms in total. The van der Waals surface area contributed by atoms with E-state index >= 15 is 0 Å². The molecule has 0 aliphatic heterocycles. The van der Waals surface area contributed by atoms with Gasteiger partial charge in [0.1, 0.15) is 0 Å². The number of hydrogen-bond acceptors (Lipinski definition) is 2. The SMILES string of the molecule is CCCN(CC1CC1)c1ccc(CNC(C)C)cc1. The first-order valence-corrected chi connectivity index (χ1v) is 7.76. The van der Waals surface area contributed by atoms with Crippen molar-refractivity contribution in [2.75, 3.05) is 18.0 Å². The largest absolute Gasteiger partial charge is 0.371 e. The first-order chi connectivity index (χ1) is 9.19. The van der Waals surface area contributed by atoms with Crippen LogP contribution in [0.1, 0.15) is 45.6 Å². The highest BCUT2D eigenvalue weighted by Gasteiger charge is 2.24. The molecule has 1 saturated carbocycles. The Morgan fingerprint density at radius 2 is 1.89 bits per heavy atom. The van der Waals surface area contributed by atoms with Gasteiger partial charge in [-0.2, -0.15) is 0 Å². The molecule has 1 aliphatic carbocycles. The van der Waals surface area contributed by atoms with Gasteiger partial charge in [0.05, 0.1) is 0 Å². The molecule has 2 heteroatoms. The second-order valence-corrected chi connectivity index (χ2v) is 6.09. The molecule has 106 valence electrons. The molecule has 1 aliphatic rings. The topological polar surface area (TPSA) is 15.3 Å². The summed E-state index contributed by atoms with van der Waals surface area (Å²) in [7, 11) is 0. The van der Waals surface area contributed by atoms with Gasteiger partial charge < -0.3 is 10.2 Å². The van der Waals surface area contributed by atoms with Crippen LogP contribution in [0.3, 0.4) is 0 Å². The van der Waals surface area contributed by atoms with Crippen molar-refractivity contribution >= 4 is 5.69 Å². The molecule has 0 bridgehead atoms. The highest BCUT2D eigenvalue weighted by molar-refractivity contribution is 5.47. The van der Waals surface area contributed by atoms with Crippen molar-refractivity contribution in [3.63, 3.8) is 0 Å². The van der Waals surface area contributed by atoms with Crippen molar-refractivity contribution in [1.82, 2.24) is 5.32 Å². The van der Waals surface area contributed by atoms with Crippen LogP contribution in [-0.4, -0.2) is 19.1 Å². The summed E-state index contributed by atoms with van der Waals surface area (Å²) in [5.74, 6) is 0.953. The van der Waals surface area contributed by atoms with Crippen molar-refractivity contribution in [1.29, 1.82) is 0 Å². The Hall–Kier alpha value is -1.02. The Morgan fingerprint density at radius 1 is 1.21 bits per heavy atom. The Kier molecular flexibility index (Phi) is 5.26. The van der Waals surface area contributed by atoms with E-state index in [1.54, 1.807) is 0 Å². The molecule has 0 spiro atoms. The molecule has 1 N–H and O–H groups in total. The Bertz CT molecular complexity index is 365. The van der Waals surface area contributed by atoms with Gasteiger partial charge in [-0.3, -0.25) is 0 Å². The Labute approximate surface area is 118 Å². The van der Waals surface area contributed by atoms with Crippen molar-refractivity contribution in [2.45, 2.75) is 52.6 Å². The number of nitrogens with zero attached hydrogens (tertiary/aromatic N) is 1. The van der Waals surface area contributed by atoms with E-state index in [0.717, 1.165) is 12.5 Å². The third-order valence-electron chi connectivity index (χ3n) is 3.68. The standard InChI is InChI=1S/C17H28N2/c1-4-11-19(13-16-5-6-16)17-9-7-15(8-10-17)12-18-14(2)3/h7-10,14,16,18H,4-6,11-13H2,1-3H3. The van der Waals surface area contributed by atoms with Crippen LogP contribution in [0.4, 0.5) is 5.69 Å². The minimum atomic E-state index is 0.547. The summed E-state index contributed by atoms with van der Waals surface area (Å²) in [6, 6.07) is 9.65. The molecule has 0 amide bonds. The highest BCUT2D eigenvalue weighted by atomic mass is 15.1. The zero-order chi connectivity index (χ0) is 13.7. The average Bonchev–Trinajstić information content (AvgIpc) is 3.20. The predicted octanol–water partition coefficient (Wildman–Crippen LogP) is 3.81. The molecule has 0 unspecified atom stereocenters. The molecule has 1 aromatic carbocycles. The zero-order valence-electron chi connectivity index (χ0n) is 12.7. The average molecular weight is 260 g/mol. The summed E-state index contributed by atoms with van der Waals surface area (Å²) in [5, 5.41) is 3.46. The smallest absolute Gasteiger partial charge is 0.0366 e. The van der Waals surface area contributed by atoms with E-state index in [2.05, 4.69) is 55.3 Å². The molecule has 2 rings (SSSR count). The first kappa shape index (κ1) is 14.4. The maximum Gasteiger partial charge on any atom is 0.0366 e.